The molecule has 2 aromatic rings. The van der Waals surface area contributed by atoms with E-state index in [1.165, 1.54) is 5.56 Å². The summed E-state index contributed by atoms with van der Waals surface area (Å²) < 4.78 is 0. The number of nitrogens with one attached hydrogen (secondary N) is 1. The first-order valence-electron chi connectivity index (χ1n) is 7.80. The molecule has 2 nitrogen and oxygen atoms in total. The van der Waals surface area contributed by atoms with Gasteiger partial charge in [-0.05, 0) is 48.4 Å². The molecule has 0 saturated carbocycles. The van der Waals surface area contributed by atoms with E-state index in [0.717, 1.165) is 43.2 Å². The average Bonchev–Trinajstić information content (AvgIpc) is 2.82. The molecule has 1 unspecified atom stereocenters. The number of hydrogen-bond acceptors (Lipinski definition) is 2. The highest BCUT2D eigenvalue weighted by molar-refractivity contribution is 6.42. The Morgan fingerprint density at radius 2 is 1.57 bits per heavy atom. The van der Waals surface area contributed by atoms with E-state index >= 15 is 0 Å². The van der Waals surface area contributed by atoms with E-state index in [2.05, 4.69) is 28.4 Å². The molecule has 0 amide bonds. The quantitative estimate of drug-likeness (QED) is 0.816. The second kappa shape index (κ2) is 7.87. The van der Waals surface area contributed by atoms with Crippen LogP contribution in [0.4, 0.5) is 0 Å². The van der Waals surface area contributed by atoms with Crippen molar-refractivity contribution in [3.8, 4) is 0 Å². The third-order valence-corrected chi connectivity index (χ3v) is 5.18. The molecule has 1 aliphatic heterocycles. The lowest BCUT2D eigenvalue weighted by molar-refractivity contribution is 0.241. The van der Waals surface area contributed by atoms with E-state index in [0.29, 0.717) is 10.0 Å². The van der Waals surface area contributed by atoms with Crippen molar-refractivity contribution < 1.29 is 0 Å². The van der Waals surface area contributed by atoms with E-state index < -0.39 is 0 Å². The van der Waals surface area contributed by atoms with Gasteiger partial charge in [-0.2, -0.15) is 0 Å². The van der Waals surface area contributed by atoms with Gasteiger partial charge in [0.05, 0.1) is 16.1 Å². The Bertz CT molecular complexity index is 650. The minimum absolute atomic E-state index is 0.155. The Labute approximate surface area is 152 Å². The van der Waals surface area contributed by atoms with Crippen molar-refractivity contribution in [2.75, 3.05) is 26.2 Å². The highest BCUT2D eigenvalue weighted by Gasteiger charge is 2.23. The number of halogens is 3. The molecule has 0 aromatic heterocycles. The first-order valence-corrected chi connectivity index (χ1v) is 8.94. The third-order valence-electron chi connectivity index (χ3n) is 4.18. The largest absolute Gasteiger partial charge is 0.315 e. The molecule has 5 heteroatoms. The fourth-order valence-corrected chi connectivity index (χ4v) is 3.50. The van der Waals surface area contributed by atoms with Crippen LogP contribution in [0, 0.1) is 0 Å². The molecule has 3 rings (SSSR count). The van der Waals surface area contributed by atoms with E-state index in [-0.39, 0.29) is 6.04 Å². The van der Waals surface area contributed by atoms with Gasteiger partial charge < -0.3 is 5.32 Å². The molecule has 0 radical (unpaired) electrons. The summed E-state index contributed by atoms with van der Waals surface area (Å²) in [6.45, 7) is 4.09. The predicted octanol–water partition coefficient (Wildman–Crippen LogP) is 5.03. The molecule has 1 atom stereocenters. The van der Waals surface area contributed by atoms with Crippen molar-refractivity contribution in [3.63, 3.8) is 0 Å². The number of hydrogen-bond donors (Lipinski definition) is 1. The van der Waals surface area contributed by atoms with Crippen molar-refractivity contribution >= 4 is 34.8 Å². The number of nitrogens with zero attached hydrogens (tertiary/aromatic N) is 1. The molecule has 2 aromatic carbocycles. The molecule has 1 fully saturated rings. The van der Waals surface area contributed by atoms with Crippen LogP contribution >= 0.6 is 34.8 Å². The summed E-state index contributed by atoms with van der Waals surface area (Å²) in [4.78, 5) is 2.49. The summed E-state index contributed by atoms with van der Waals surface area (Å²) in [5, 5.41) is 5.38. The minimum atomic E-state index is 0.155. The molecule has 0 bridgehead atoms. The maximum Gasteiger partial charge on any atom is 0.0602 e. The van der Waals surface area contributed by atoms with Crippen molar-refractivity contribution in [1.82, 2.24) is 10.2 Å². The van der Waals surface area contributed by atoms with Crippen LogP contribution in [-0.4, -0.2) is 31.1 Å². The van der Waals surface area contributed by atoms with Gasteiger partial charge in [0, 0.05) is 24.7 Å². The van der Waals surface area contributed by atoms with Crippen LogP contribution in [0.3, 0.4) is 0 Å². The molecule has 1 heterocycles. The molecule has 1 N–H and O–H groups in total. The summed E-state index contributed by atoms with van der Waals surface area (Å²) in [5.41, 5.74) is 2.37. The molecular formula is C18H19Cl3N2. The lowest BCUT2D eigenvalue weighted by atomic mass is 9.96. The highest BCUT2D eigenvalue weighted by atomic mass is 35.5. The van der Waals surface area contributed by atoms with Crippen molar-refractivity contribution in [2.45, 2.75) is 12.5 Å². The maximum atomic E-state index is 6.26. The monoisotopic (exact) mass is 368 g/mol. The first-order chi connectivity index (χ1) is 11.1. The van der Waals surface area contributed by atoms with E-state index in [4.69, 9.17) is 34.8 Å². The number of benzene rings is 2. The molecule has 0 aliphatic carbocycles. The van der Waals surface area contributed by atoms with E-state index in [9.17, 15) is 0 Å². The van der Waals surface area contributed by atoms with Crippen LogP contribution in [0.2, 0.25) is 15.1 Å². The zero-order valence-electron chi connectivity index (χ0n) is 12.7. The van der Waals surface area contributed by atoms with Crippen LogP contribution in [-0.2, 0) is 0 Å². The molecule has 23 heavy (non-hydrogen) atoms. The van der Waals surface area contributed by atoms with Gasteiger partial charge >= 0.3 is 0 Å². The van der Waals surface area contributed by atoms with E-state index in [1.54, 1.807) is 0 Å². The van der Waals surface area contributed by atoms with Crippen LogP contribution in [0.15, 0.2) is 42.5 Å². The Kier molecular flexibility index (Phi) is 5.84. The zero-order chi connectivity index (χ0) is 16.2. The molecular weight excluding hydrogens is 351 g/mol. The Balaban J connectivity index is 2.00. The van der Waals surface area contributed by atoms with Gasteiger partial charge in [0.25, 0.3) is 0 Å². The predicted molar refractivity (Wildman–Crippen MR) is 98.8 cm³/mol. The normalized spacial score (nSPS) is 17.7. The standard InChI is InChI=1S/C18H19Cl3N2/c19-15-5-2-13(3-6-15)18(23-10-1-8-22-9-11-23)14-4-7-16(20)17(21)12-14/h2-7,12,18,22H,1,8-11H2. The Morgan fingerprint density at radius 3 is 2.30 bits per heavy atom. The SMILES string of the molecule is Clc1ccc(C(c2ccc(Cl)c(Cl)c2)N2CCCNCC2)cc1. The molecule has 1 saturated heterocycles. The number of rotatable bonds is 3. The van der Waals surface area contributed by atoms with Gasteiger partial charge in [0.15, 0.2) is 0 Å². The summed E-state index contributed by atoms with van der Waals surface area (Å²) in [7, 11) is 0. The summed E-state index contributed by atoms with van der Waals surface area (Å²) >= 11 is 18.4. The zero-order valence-corrected chi connectivity index (χ0v) is 15.0. The topological polar surface area (TPSA) is 15.3 Å². The fourth-order valence-electron chi connectivity index (χ4n) is 3.07. The lowest BCUT2D eigenvalue weighted by Crippen LogP contribution is -2.33. The minimum Gasteiger partial charge on any atom is -0.315 e. The fraction of sp³-hybridized carbons (Fsp3) is 0.333. The molecule has 0 spiro atoms. The van der Waals surface area contributed by atoms with Crippen molar-refractivity contribution in [1.29, 1.82) is 0 Å². The molecule has 122 valence electrons. The van der Waals surface area contributed by atoms with Gasteiger partial charge in [-0.3, -0.25) is 4.90 Å². The third kappa shape index (κ3) is 4.20. The van der Waals surface area contributed by atoms with Gasteiger partial charge in [0.2, 0.25) is 0 Å². The van der Waals surface area contributed by atoms with Crippen molar-refractivity contribution in [3.05, 3.63) is 68.7 Å². The van der Waals surface area contributed by atoms with Gasteiger partial charge in [-0.25, -0.2) is 0 Å². The highest BCUT2D eigenvalue weighted by Crippen LogP contribution is 2.33. The molecule has 1 aliphatic rings. The van der Waals surface area contributed by atoms with Crippen LogP contribution < -0.4 is 5.32 Å². The van der Waals surface area contributed by atoms with Gasteiger partial charge in [-0.1, -0.05) is 53.0 Å². The van der Waals surface area contributed by atoms with Gasteiger partial charge in [-0.15, -0.1) is 0 Å². The van der Waals surface area contributed by atoms with E-state index in [1.807, 2.05) is 24.3 Å². The Morgan fingerprint density at radius 1 is 0.826 bits per heavy atom. The summed E-state index contributed by atoms with van der Waals surface area (Å²) in [6.07, 6.45) is 1.13. The van der Waals surface area contributed by atoms with Crippen LogP contribution in [0.25, 0.3) is 0 Å². The van der Waals surface area contributed by atoms with Crippen LogP contribution in [0.1, 0.15) is 23.6 Å². The van der Waals surface area contributed by atoms with Crippen molar-refractivity contribution in [2.24, 2.45) is 0 Å². The maximum absolute atomic E-state index is 6.26. The van der Waals surface area contributed by atoms with Gasteiger partial charge in [0.1, 0.15) is 0 Å². The first kappa shape index (κ1) is 17.1. The second-order valence-electron chi connectivity index (χ2n) is 5.77. The Hall–Kier alpha value is -0.770. The summed E-state index contributed by atoms with van der Waals surface area (Å²) in [5.74, 6) is 0. The summed E-state index contributed by atoms with van der Waals surface area (Å²) in [6, 6.07) is 14.1. The second-order valence-corrected chi connectivity index (χ2v) is 7.02. The lowest BCUT2D eigenvalue weighted by Gasteiger charge is -2.31. The average molecular weight is 370 g/mol. The smallest absolute Gasteiger partial charge is 0.0602 e. The van der Waals surface area contributed by atoms with Crippen LogP contribution in [0.5, 0.6) is 0 Å².